The number of furan rings is 2. The molecule has 5 nitrogen and oxygen atoms in total. The summed E-state index contributed by atoms with van der Waals surface area (Å²) in [7, 11) is 0. The Hall–Kier alpha value is -2.56. The van der Waals surface area contributed by atoms with Crippen molar-refractivity contribution in [3.8, 4) is 0 Å². The summed E-state index contributed by atoms with van der Waals surface area (Å²) in [5, 5.41) is 0. The normalized spacial score (nSPS) is 14.4. The first-order valence-electron chi connectivity index (χ1n) is 6.62. The molecular formula is C15H13N3O2. The van der Waals surface area contributed by atoms with E-state index in [9.17, 15) is 0 Å². The largest absolute Gasteiger partial charge is 0.448 e. The molecule has 5 heteroatoms. The number of hydrogen-bond donors (Lipinski definition) is 0. The first-order valence-corrected chi connectivity index (χ1v) is 6.62. The van der Waals surface area contributed by atoms with Crippen molar-refractivity contribution in [2.24, 2.45) is 0 Å². The average molecular weight is 267 g/mol. The Labute approximate surface area is 115 Å². The van der Waals surface area contributed by atoms with Crippen molar-refractivity contribution in [2.75, 3.05) is 4.90 Å². The third-order valence-electron chi connectivity index (χ3n) is 3.28. The summed E-state index contributed by atoms with van der Waals surface area (Å²) in [4.78, 5) is 10.8. The molecule has 3 heterocycles. The smallest absolute Gasteiger partial charge is 0.207 e. The maximum absolute atomic E-state index is 5.50. The van der Waals surface area contributed by atoms with Crippen molar-refractivity contribution in [3.05, 3.63) is 54.9 Å². The molecule has 0 aliphatic heterocycles. The first kappa shape index (κ1) is 11.3. The fraction of sp³-hybridized carbons (Fsp3) is 0.200. The van der Waals surface area contributed by atoms with Gasteiger partial charge in [-0.1, -0.05) is 0 Å². The molecule has 0 radical (unpaired) electrons. The van der Waals surface area contributed by atoms with E-state index in [0.29, 0.717) is 17.7 Å². The summed E-state index contributed by atoms with van der Waals surface area (Å²) in [6, 6.07) is 9.29. The standard InChI is InChI=1S/C15H13N3O2/c1-3-13(19-9-1)18(14-4-2-10-20-14)12-7-8-16-15(17-12)11-5-6-11/h1-4,7-11H,5-6H2. The van der Waals surface area contributed by atoms with Gasteiger partial charge in [0.1, 0.15) is 11.6 Å². The van der Waals surface area contributed by atoms with Gasteiger partial charge < -0.3 is 8.83 Å². The third kappa shape index (κ3) is 1.97. The van der Waals surface area contributed by atoms with Gasteiger partial charge in [-0.3, -0.25) is 0 Å². The first-order chi connectivity index (χ1) is 9.92. The Balaban J connectivity index is 1.80. The number of rotatable bonds is 4. The summed E-state index contributed by atoms with van der Waals surface area (Å²) >= 11 is 0. The molecule has 0 aromatic carbocycles. The molecule has 0 atom stereocenters. The molecule has 0 spiro atoms. The van der Waals surface area contributed by atoms with E-state index < -0.39 is 0 Å². The zero-order valence-corrected chi connectivity index (χ0v) is 10.8. The summed E-state index contributed by atoms with van der Waals surface area (Å²) in [5.74, 6) is 3.49. The van der Waals surface area contributed by atoms with Crippen LogP contribution < -0.4 is 4.90 Å². The molecule has 4 rings (SSSR count). The van der Waals surface area contributed by atoms with Crippen molar-refractivity contribution in [2.45, 2.75) is 18.8 Å². The van der Waals surface area contributed by atoms with Crippen molar-refractivity contribution in [1.82, 2.24) is 9.97 Å². The lowest BCUT2D eigenvalue weighted by atomic mass is 10.3. The molecule has 1 aliphatic rings. The minimum absolute atomic E-state index is 0.505. The summed E-state index contributed by atoms with van der Waals surface area (Å²) in [6.07, 6.45) is 7.40. The van der Waals surface area contributed by atoms with Gasteiger partial charge in [0, 0.05) is 24.2 Å². The van der Waals surface area contributed by atoms with Gasteiger partial charge >= 0.3 is 0 Å². The molecule has 0 amide bonds. The van der Waals surface area contributed by atoms with E-state index in [1.54, 1.807) is 18.7 Å². The number of aromatic nitrogens is 2. The minimum atomic E-state index is 0.505. The van der Waals surface area contributed by atoms with Gasteiger partial charge in [-0.2, -0.15) is 0 Å². The average Bonchev–Trinajstić information content (AvgIpc) is 2.96. The summed E-state index contributed by atoms with van der Waals surface area (Å²) in [6.45, 7) is 0. The lowest BCUT2D eigenvalue weighted by molar-refractivity contribution is 0.538. The highest BCUT2D eigenvalue weighted by molar-refractivity contribution is 5.66. The van der Waals surface area contributed by atoms with E-state index >= 15 is 0 Å². The maximum atomic E-state index is 5.50. The van der Waals surface area contributed by atoms with E-state index in [4.69, 9.17) is 8.83 Å². The second kappa shape index (κ2) is 4.52. The van der Waals surface area contributed by atoms with Crippen molar-refractivity contribution < 1.29 is 8.83 Å². The molecule has 100 valence electrons. The van der Waals surface area contributed by atoms with Gasteiger partial charge in [-0.15, -0.1) is 0 Å². The summed E-state index contributed by atoms with van der Waals surface area (Å²) < 4.78 is 11.0. The van der Waals surface area contributed by atoms with Crippen LogP contribution in [-0.4, -0.2) is 9.97 Å². The van der Waals surface area contributed by atoms with Crippen LogP contribution in [0.2, 0.25) is 0 Å². The van der Waals surface area contributed by atoms with E-state index in [1.165, 1.54) is 12.8 Å². The highest BCUT2D eigenvalue weighted by atomic mass is 16.4. The Morgan fingerprint density at radius 3 is 2.25 bits per heavy atom. The highest BCUT2D eigenvalue weighted by Gasteiger charge is 2.28. The maximum Gasteiger partial charge on any atom is 0.207 e. The number of anilines is 3. The quantitative estimate of drug-likeness (QED) is 0.714. The van der Waals surface area contributed by atoms with Crippen LogP contribution in [0.3, 0.4) is 0 Å². The molecule has 3 aromatic heterocycles. The monoisotopic (exact) mass is 267 g/mol. The molecule has 0 unspecified atom stereocenters. The number of hydrogen-bond acceptors (Lipinski definition) is 5. The van der Waals surface area contributed by atoms with Crippen LogP contribution >= 0.6 is 0 Å². The Bertz CT molecular complexity index is 654. The fourth-order valence-corrected chi connectivity index (χ4v) is 2.16. The molecular weight excluding hydrogens is 254 g/mol. The van der Waals surface area contributed by atoms with Gasteiger partial charge in [0.25, 0.3) is 0 Å². The zero-order chi connectivity index (χ0) is 13.4. The molecule has 1 saturated carbocycles. The van der Waals surface area contributed by atoms with E-state index in [2.05, 4.69) is 9.97 Å². The van der Waals surface area contributed by atoms with Crippen molar-refractivity contribution in [3.63, 3.8) is 0 Å². The molecule has 3 aromatic rings. The third-order valence-corrected chi connectivity index (χ3v) is 3.28. The molecule has 0 bridgehead atoms. The second-order valence-electron chi connectivity index (χ2n) is 4.79. The second-order valence-corrected chi connectivity index (χ2v) is 4.79. The zero-order valence-electron chi connectivity index (χ0n) is 10.8. The lowest BCUT2D eigenvalue weighted by Crippen LogP contribution is -2.11. The molecule has 0 saturated heterocycles. The van der Waals surface area contributed by atoms with Crippen LogP contribution in [0, 0.1) is 0 Å². The van der Waals surface area contributed by atoms with Crippen LogP contribution in [0.4, 0.5) is 17.6 Å². The fourth-order valence-electron chi connectivity index (χ4n) is 2.16. The molecule has 0 N–H and O–H groups in total. The van der Waals surface area contributed by atoms with Crippen molar-refractivity contribution in [1.29, 1.82) is 0 Å². The summed E-state index contributed by atoms with van der Waals surface area (Å²) in [5.41, 5.74) is 0. The molecule has 1 fully saturated rings. The topological polar surface area (TPSA) is 55.3 Å². The minimum Gasteiger partial charge on any atom is -0.448 e. The Morgan fingerprint density at radius 1 is 1.00 bits per heavy atom. The molecule has 20 heavy (non-hydrogen) atoms. The molecule has 1 aliphatic carbocycles. The van der Waals surface area contributed by atoms with Crippen molar-refractivity contribution >= 4 is 17.6 Å². The van der Waals surface area contributed by atoms with Crippen LogP contribution in [0.1, 0.15) is 24.6 Å². The van der Waals surface area contributed by atoms with Gasteiger partial charge in [0.05, 0.1) is 12.5 Å². The van der Waals surface area contributed by atoms with Crippen LogP contribution in [0.15, 0.2) is 57.9 Å². The van der Waals surface area contributed by atoms with Gasteiger partial charge in [0.15, 0.2) is 0 Å². The van der Waals surface area contributed by atoms with Crippen LogP contribution in [0.25, 0.3) is 0 Å². The van der Waals surface area contributed by atoms with E-state index in [1.807, 2.05) is 35.2 Å². The van der Waals surface area contributed by atoms with Gasteiger partial charge in [-0.25, -0.2) is 14.9 Å². The Morgan fingerprint density at radius 2 is 1.70 bits per heavy atom. The predicted octanol–water partition coefficient (Wildman–Crippen LogP) is 4.01. The van der Waals surface area contributed by atoms with Gasteiger partial charge in [-0.05, 0) is 31.0 Å². The van der Waals surface area contributed by atoms with E-state index in [0.717, 1.165) is 11.6 Å². The number of nitrogens with zero attached hydrogens (tertiary/aromatic N) is 3. The van der Waals surface area contributed by atoms with Crippen LogP contribution in [-0.2, 0) is 0 Å². The van der Waals surface area contributed by atoms with Gasteiger partial charge in [0.2, 0.25) is 11.8 Å². The SMILES string of the molecule is c1coc(N(c2ccnc(C3CC3)n2)c2ccco2)c1. The van der Waals surface area contributed by atoms with E-state index in [-0.39, 0.29) is 0 Å². The predicted molar refractivity (Wildman–Crippen MR) is 73.2 cm³/mol. The lowest BCUT2D eigenvalue weighted by Gasteiger charge is -2.18. The highest BCUT2D eigenvalue weighted by Crippen LogP contribution is 2.40. The Kier molecular flexibility index (Phi) is 2.55. The van der Waals surface area contributed by atoms with Crippen LogP contribution in [0.5, 0.6) is 0 Å².